The SMILES string of the molecule is C=CC(=O)NC(C)(C)O[SH](=O)=O.[NaH]. The Bertz CT molecular complexity index is 253. The van der Waals surface area contributed by atoms with E-state index < -0.39 is 22.6 Å². The molecule has 0 rings (SSSR count). The predicted molar refractivity (Wildman–Crippen MR) is 51.0 cm³/mol. The van der Waals surface area contributed by atoms with Crippen molar-refractivity contribution in [3.8, 4) is 0 Å². The van der Waals surface area contributed by atoms with Crippen molar-refractivity contribution in [2.45, 2.75) is 19.6 Å². The van der Waals surface area contributed by atoms with Gasteiger partial charge in [0.25, 0.3) is 11.0 Å². The molecular formula is C6H12NNaO4S. The molecule has 0 radical (unpaired) electrons. The third-order valence-corrected chi connectivity index (χ3v) is 1.52. The molecule has 0 saturated heterocycles. The van der Waals surface area contributed by atoms with E-state index in [4.69, 9.17) is 0 Å². The first kappa shape index (κ1) is 15.6. The molecule has 0 spiro atoms. The molecule has 0 bridgehead atoms. The molecule has 1 amide bonds. The molecule has 13 heavy (non-hydrogen) atoms. The van der Waals surface area contributed by atoms with Gasteiger partial charge in [0.05, 0.1) is 0 Å². The van der Waals surface area contributed by atoms with Crippen LogP contribution in [0.2, 0.25) is 0 Å². The van der Waals surface area contributed by atoms with Gasteiger partial charge in [-0.15, -0.1) is 0 Å². The average Bonchev–Trinajstić information content (AvgIpc) is 1.83. The Morgan fingerprint density at radius 2 is 2.00 bits per heavy atom. The fourth-order valence-electron chi connectivity index (χ4n) is 0.557. The van der Waals surface area contributed by atoms with Crippen LogP contribution < -0.4 is 5.32 Å². The molecule has 0 aliphatic heterocycles. The van der Waals surface area contributed by atoms with Crippen molar-refractivity contribution >= 4 is 46.4 Å². The number of nitrogens with one attached hydrogen (secondary N) is 1. The van der Waals surface area contributed by atoms with Crippen LogP contribution in [-0.2, 0) is 20.0 Å². The summed E-state index contributed by atoms with van der Waals surface area (Å²) in [4.78, 5) is 10.7. The van der Waals surface area contributed by atoms with E-state index in [9.17, 15) is 13.2 Å². The second-order valence-corrected chi connectivity index (χ2v) is 3.15. The number of rotatable bonds is 4. The minimum atomic E-state index is -2.97. The topological polar surface area (TPSA) is 72.5 Å². The fraction of sp³-hybridized carbons (Fsp3) is 0.500. The monoisotopic (exact) mass is 217 g/mol. The summed E-state index contributed by atoms with van der Waals surface area (Å²) in [6.45, 7) is 6.04. The van der Waals surface area contributed by atoms with Crippen molar-refractivity contribution in [2.75, 3.05) is 0 Å². The number of hydrogen-bond acceptors (Lipinski definition) is 4. The average molecular weight is 217 g/mol. The van der Waals surface area contributed by atoms with Crippen molar-refractivity contribution in [2.24, 2.45) is 0 Å². The normalized spacial score (nSPS) is 10.4. The Morgan fingerprint density at radius 3 is 2.31 bits per heavy atom. The number of thiol groups is 1. The van der Waals surface area contributed by atoms with Gasteiger partial charge in [0.1, 0.15) is 0 Å². The standard InChI is InChI=1S/C6H11NO4S.Na.H/c1-4-5(8)7-6(2,3)11-12(9)10;;/h4,12H,1H2,2-3H3,(H,7,8);;. The fourth-order valence-corrected chi connectivity index (χ4v) is 0.975. The first-order valence-corrected chi connectivity index (χ1v) is 4.25. The van der Waals surface area contributed by atoms with Crippen LogP contribution in [-0.4, -0.2) is 49.6 Å². The van der Waals surface area contributed by atoms with Crippen LogP contribution in [0, 0.1) is 0 Å². The van der Waals surface area contributed by atoms with Gasteiger partial charge in [0.15, 0.2) is 5.72 Å². The summed E-state index contributed by atoms with van der Waals surface area (Å²) >= 11 is 0. The molecule has 0 aliphatic carbocycles. The molecule has 0 aliphatic rings. The molecule has 0 saturated carbocycles. The zero-order valence-electron chi connectivity index (χ0n) is 6.86. The summed E-state index contributed by atoms with van der Waals surface area (Å²) in [6, 6.07) is 0. The van der Waals surface area contributed by atoms with Gasteiger partial charge >= 0.3 is 29.6 Å². The van der Waals surface area contributed by atoms with Crippen molar-refractivity contribution in [3.05, 3.63) is 12.7 Å². The Labute approximate surface area is 101 Å². The van der Waals surface area contributed by atoms with Crippen LogP contribution >= 0.6 is 0 Å². The molecule has 0 heterocycles. The van der Waals surface area contributed by atoms with E-state index in [0.29, 0.717) is 0 Å². The Balaban J connectivity index is 0. The van der Waals surface area contributed by atoms with Gasteiger partial charge in [-0.25, -0.2) is 12.6 Å². The van der Waals surface area contributed by atoms with Crippen LogP contribution in [0.3, 0.4) is 0 Å². The van der Waals surface area contributed by atoms with E-state index in [1.807, 2.05) is 0 Å². The van der Waals surface area contributed by atoms with Gasteiger partial charge in [-0.2, -0.15) is 0 Å². The molecule has 0 fully saturated rings. The number of carbonyl (C=O) groups excluding carboxylic acids is 1. The Hall–Kier alpha value is 0.120. The molecule has 0 atom stereocenters. The van der Waals surface area contributed by atoms with Crippen LogP contribution in [0.1, 0.15) is 13.8 Å². The van der Waals surface area contributed by atoms with E-state index in [2.05, 4.69) is 16.1 Å². The maximum absolute atomic E-state index is 10.7. The van der Waals surface area contributed by atoms with Gasteiger partial charge in [-0.3, -0.25) is 4.79 Å². The summed E-state index contributed by atoms with van der Waals surface area (Å²) in [5, 5.41) is 2.27. The predicted octanol–water partition coefficient (Wildman–Crippen LogP) is -1.08. The molecule has 72 valence electrons. The summed E-state index contributed by atoms with van der Waals surface area (Å²) in [7, 11) is -2.97. The second-order valence-electron chi connectivity index (χ2n) is 2.52. The number of hydrogen-bond donors (Lipinski definition) is 2. The van der Waals surface area contributed by atoms with Gasteiger partial charge < -0.3 is 5.32 Å². The zero-order valence-corrected chi connectivity index (χ0v) is 7.76. The quantitative estimate of drug-likeness (QED) is 0.272. The van der Waals surface area contributed by atoms with Gasteiger partial charge in [-0.1, -0.05) is 6.58 Å². The third kappa shape index (κ3) is 8.45. The molecular weight excluding hydrogens is 205 g/mol. The van der Waals surface area contributed by atoms with E-state index in [-0.39, 0.29) is 29.6 Å². The first-order valence-electron chi connectivity index (χ1n) is 3.15. The maximum atomic E-state index is 10.7. The number of amides is 1. The Morgan fingerprint density at radius 1 is 1.54 bits per heavy atom. The molecule has 0 aromatic heterocycles. The summed E-state index contributed by atoms with van der Waals surface area (Å²) in [5.41, 5.74) is -1.22. The van der Waals surface area contributed by atoms with Crippen LogP contribution in [0.5, 0.6) is 0 Å². The van der Waals surface area contributed by atoms with Crippen molar-refractivity contribution < 1.29 is 17.4 Å². The zero-order chi connectivity index (χ0) is 9.78. The third-order valence-electron chi connectivity index (χ3n) is 0.912. The van der Waals surface area contributed by atoms with Crippen LogP contribution in [0.25, 0.3) is 0 Å². The van der Waals surface area contributed by atoms with Crippen LogP contribution in [0.15, 0.2) is 12.7 Å². The first-order chi connectivity index (χ1) is 5.37. The molecule has 0 unspecified atom stereocenters. The van der Waals surface area contributed by atoms with Gasteiger partial charge in [0, 0.05) is 0 Å². The van der Waals surface area contributed by atoms with Crippen molar-refractivity contribution in [3.63, 3.8) is 0 Å². The van der Waals surface area contributed by atoms with E-state index >= 15 is 0 Å². The van der Waals surface area contributed by atoms with E-state index in [0.717, 1.165) is 6.08 Å². The van der Waals surface area contributed by atoms with Gasteiger partial charge in [-0.05, 0) is 19.9 Å². The van der Waals surface area contributed by atoms with E-state index in [1.165, 1.54) is 13.8 Å². The van der Waals surface area contributed by atoms with Gasteiger partial charge in [0.2, 0.25) is 5.91 Å². The van der Waals surface area contributed by atoms with Crippen molar-refractivity contribution in [1.29, 1.82) is 0 Å². The summed E-state index contributed by atoms with van der Waals surface area (Å²) < 4.78 is 24.6. The Kier molecular flexibility index (Phi) is 7.86. The molecule has 0 aromatic carbocycles. The second kappa shape index (κ2) is 6.56. The summed E-state index contributed by atoms with van der Waals surface area (Å²) in [6.07, 6.45) is 1.03. The minimum absolute atomic E-state index is 0. The molecule has 0 aromatic rings. The molecule has 1 N–H and O–H groups in total. The van der Waals surface area contributed by atoms with Crippen LogP contribution in [0.4, 0.5) is 0 Å². The molecule has 7 heteroatoms. The van der Waals surface area contributed by atoms with Crippen molar-refractivity contribution in [1.82, 2.24) is 5.32 Å². The summed E-state index contributed by atoms with van der Waals surface area (Å²) in [5.74, 6) is -0.489. The number of carbonyl (C=O) groups is 1. The molecule has 5 nitrogen and oxygen atoms in total. The van der Waals surface area contributed by atoms with E-state index in [1.54, 1.807) is 0 Å².